The van der Waals surface area contributed by atoms with E-state index in [2.05, 4.69) is 53.1 Å². The van der Waals surface area contributed by atoms with E-state index in [1.807, 2.05) is 91.0 Å². The zero-order valence-electron chi connectivity index (χ0n) is 28.4. The second-order valence-electron chi connectivity index (χ2n) is 13.1. The number of benzene rings is 7. The van der Waals surface area contributed by atoms with Gasteiger partial charge in [0.25, 0.3) is 0 Å². The van der Waals surface area contributed by atoms with Crippen LogP contribution >= 0.6 is 11.3 Å². The molecule has 0 spiro atoms. The van der Waals surface area contributed by atoms with Crippen molar-refractivity contribution in [2.24, 2.45) is 0 Å². The van der Waals surface area contributed by atoms with E-state index in [9.17, 15) is 13.2 Å². The summed E-state index contributed by atoms with van der Waals surface area (Å²) in [6.07, 6.45) is -4.52. The summed E-state index contributed by atoms with van der Waals surface area (Å²) >= 11 is 1.76. The number of halogens is 3. The highest BCUT2D eigenvalue weighted by Gasteiger charge is 2.31. The quantitative estimate of drug-likeness (QED) is 0.177. The molecule has 0 saturated carbocycles. The van der Waals surface area contributed by atoms with Crippen molar-refractivity contribution in [3.05, 3.63) is 169 Å². The molecular weight excluding hydrogens is 698 g/mol. The zero-order chi connectivity index (χ0) is 36.4. The first-order valence-corrected chi connectivity index (χ1v) is 18.3. The summed E-state index contributed by atoms with van der Waals surface area (Å²) in [5, 5.41) is 4.53. The SMILES string of the molecule is FC(F)(F)c1cccc(-c2cc(-c3nc(-c4ccccc4)nc(-c4ccccc4)n3)ccc2-n2c3ccccc3c3c4c(ccc32)sc2ccccc24)c1. The van der Waals surface area contributed by atoms with E-state index in [0.29, 0.717) is 34.2 Å². The van der Waals surface area contributed by atoms with Gasteiger partial charge in [0.2, 0.25) is 0 Å². The van der Waals surface area contributed by atoms with Crippen molar-refractivity contribution in [2.75, 3.05) is 0 Å². The van der Waals surface area contributed by atoms with E-state index < -0.39 is 11.7 Å². The smallest absolute Gasteiger partial charge is 0.309 e. The van der Waals surface area contributed by atoms with E-state index in [0.717, 1.165) is 44.7 Å². The van der Waals surface area contributed by atoms with E-state index >= 15 is 0 Å². The number of alkyl halides is 3. The van der Waals surface area contributed by atoms with Crippen LogP contribution in [-0.2, 0) is 6.18 Å². The Morgan fingerprint density at radius 3 is 1.76 bits per heavy atom. The van der Waals surface area contributed by atoms with E-state index in [-0.39, 0.29) is 0 Å². The van der Waals surface area contributed by atoms with Crippen LogP contribution in [-0.4, -0.2) is 19.5 Å². The fraction of sp³-hybridized carbons (Fsp3) is 0.0217. The van der Waals surface area contributed by atoms with Crippen molar-refractivity contribution in [2.45, 2.75) is 6.18 Å². The predicted octanol–water partition coefficient (Wildman–Crippen LogP) is 13.0. The summed E-state index contributed by atoms with van der Waals surface area (Å²) in [7, 11) is 0. The summed E-state index contributed by atoms with van der Waals surface area (Å²) in [4.78, 5) is 14.7. The first-order valence-electron chi connectivity index (χ1n) is 17.4. The molecule has 0 unspecified atom stereocenters. The Hall–Kier alpha value is -6.64. The zero-order valence-corrected chi connectivity index (χ0v) is 29.2. The molecule has 10 aromatic rings. The standard InChI is InChI=1S/C46H27F3N4S/c47-46(48,49)32-17-11-16-30(26-32)35-27-31(45-51-43(28-12-3-1-4-13-28)50-44(52-45)29-14-5-2-6-15-29)22-23-37(35)53-36-20-9-7-18-33(36)41-38(53)24-25-40-42(41)34-19-8-10-21-39(34)54-40/h1-27H. The molecule has 4 nitrogen and oxygen atoms in total. The molecule has 10 rings (SSSR count). The van der Waals surface area contributed by atoms with Gasteiger partial charge in [0.05, 0.1) is 22.3 Å². The molecule has 0 aliphatic carbocycles. The first-order chi connectivity index (χ1) is 26.4. The first kappa shape index (κ1) is 32.0. The van der Waals surface area contributed by atoms with Gasteiger partial charge in [-0.1, -0.05) is 109 Å². The van der Waals surface area contributed by atoms with Gasteiger partial charge >= 0.3 is 6.18 Å². The van der Waals surface area contributed by atoms with Crippen molar-refractivity contribution >= 4 is 53.3 Å². The third kappa shape index (κ3) is 5.33. The minimum absolute atomic E-state index is 0.413. The van der Waals surface area contributed by atoms with Gasteiger partial charge in [-0.15, -0.1) is 11.3 Å². The second-order valence-corrected chi connectivity index (χ2v) is 14.2. The minimum Gasteiger partial charge on any atom is -0.309 e. The van der Waals surface area contributed by atoms with Gasteiger partial charge in [-0.3, -0.25) is 0 Å². The molecule has 0 atom stereocenters. The fourth-order valence-electron chi connectivity index (χ4n) is 7.44. The summed E-state index contributed by atoms with van der Waals surface area (Å²) < 4.78 is 47.3. The molecule has 3 heterocycles. The maximum atomic E-state index is 14.2. The molecule has 8 heteroatoms. The van der Waals surface area contributed by atoms with E-state index in [1.165, 1.54) is 32.3 Å². The lowest BCUT2D eigenvalue weighted by atomic mass is 9.98. The third-order valence-electron chi connectivity index (χ3n) is 9.87. The Morgan fingerprint density at radius 1 is 0.444 bits per heavy atom. The Balaban J connectivity index is 1.27. The van der Waals surface area contributed by atoms with Crippen LogP contribution in [0.5, 0.6) is 0 Å². The van der Waals surface area contributed by atoms with Gasteiger partial charge in [0.1, 0.15) is 0 Å². The van der Waals surface area contributed by atoms with Gasteiger partial charge in [-0.05, 0) is 60.2 Å². The maximum Gasteiger partial charge on any atom is 0.416 e. The van der Waals surface area contributed by atoms with Crippen LogP contribution in [0.4, 0.5) is 13.2 Å². The van der Waals surface area contributed by atoms with Crippen LogP contribution < -0.4 is 0 Å². The lowest BCUT2D eigenvalue weighted by Crippen LogP contribution is -2.05. The third-order valence-corrected chi connectivity index (χ3v) is 11.0. The molecule has 0 N–H and O–H groups in total. The van der Waals surface area contributed by atoms with Crippen molar-refractivity contribution in [1.29, 1.82) is 0 Å². The molecule has 3 aromatic heterocycles. The molecule has 258 valence electrons. The monoisotopic (exact) mass is 724 g/mol. The van der Waals surface area contributed by atoms with Gasteiger partial charge in [-0.2, -0.15) is 13.2 Å². The highest BCUT2D eigenvalue weighted by Crippen LogP contribution is 2.45. The number of hydrogen-bond acceptors (Lipinski definition) is 4. The molecule has 0 aliphatic heterocycles. The summed E-state index contributed by atoms with van der Waals surface area (Å²) in [6, 6.07) is 51.6. The highest BCUT2D eigenvalue weighted by atomic mass is 32.1. The molecule has 0 fully saturated rings. The Labute approximate surface area is 311 Å². The number of hydrogen-bond donors (Lipinski definition) is 0. The molecule has 0 saturated heterocycles. The number of fused-ring (bicyclic) bond motifs is 7. The Bertz CT molecular complexity index is 2980. The van der Waals surface area contributed by atoms with Gasteiger partial charge in [0, 0.05) is 53.2 Å². The van der Waals surface area contributed by atoms with Crippen molar-refractivity contribution in [3.63, 3.8) is 0 Å². The molecule has 0 bridgehead atoms. The minimum atomic E-state index is -4.52. The van der Waals surface area contributed by atoms with E-state index in [4.69, 9.17) is 15.0 Å². The van der Waals surface area contributed by atoms with Gasteiger partial charge in [0.15, 0.2) is 17.5 Å². The molecule has 0 radical (unpaired) electrons. The lowest BCUT2D eigenvalue weighted by molar-refractivity contribution is -0.137. The summed E-state index contributed by atoms with van der Waals surface area (Å²) in [5.41, 5.74) is 5.27. The lowest BCUT2D eigenvalue weighted by Gasteiger charge is -2.17. The number of aromatic nitrogens is 4. The Morgan fingerprint density at radius 2 is 1.06 bits per heavy atom. The van der Waals surface area contributed by atoms with E-state index in [1.54, 1.807) is 17.4 Å². The summed E-state index contributed by atoms with van der Waals surface area (Å²) in [5.74, 6) is 1.41. The Kier molecular flexibility index (Phi) is 7.42. The number of thiophene rings is 1. The average Bonchev–Trinajstić information content (AvgIpc) is 3.76. The van der Waals surface area contributed by atoms with Crippen LogP contribution in [0.1, 0.15) is 5.56 Å². The number of rotatable bonds is 5. The molecule has 7 aromatic carbocycles. The normalized spacial score (nSPS) is 12.0. The fourth-order valence-corrected chi connectivity index (χ4v) is 8.55. The molecule has 0 aliphatic rings. The number of nitrogens with zero attached hydrogens (tertiary/aromatic N) is 4. The topological polar surface area (TPSA) is 43.6 Å². The van der Waals surface area contributed by atoms with Crippen LogP contribution in [0, 0.1) is 0 Å². The molecule has 54 heavy (non-hydrogen) atoms. The highest BCUT2D eigenvalue weighted by molar-refractivity contribution is 7.26. The van der Waals surface area contributed by atoms with Crippen molar-refractivity contribution in [1.82, 2.24) is 19.5 Å². The van der Waals surface area contributed by atoms with Crippen LogP contribution in [0.25, 0.3) is 93.0 Å². The summed E-state index contributed by atoms with van der Waals surface area (Å²) in [6.45, 7) is 0. The van der Waals surface area contributed by atoms with Crippen LogP contribution in [0.2, 0.25) is 0 Å². The predicted molar refractivity (Wildman–Crippen MR) is 214 cm³/mol. The van der Waals surface area contributed by atoms with Crippen LogP contribution in [0.3, 0.4) is 0 Å². The van der Waals surface area contributed by atoms with Crippen molar-refractivity contribution < 1.29 is 13.2 Å². The van der Waals surface area contributed by atoms with Crippen molar-refractivity contribution in [3.8, 4) is 51.0 Å². The van der Waals surface area contributed by atoms with Gasteiger partial charge < -0.3 is 4.57 Å². The second kappa shape index (κ2) is 12.5. The molecule has 0 amide bonds. The maximum absolute atomic E-state index is 14.2. The largest absolute Gasteiger partial charge is 0.416 e. The number of para-hydroxylation sites is 1. The molecular formula is C46H27F3N4S. The average molecular weight is 725 g/mol. The van der Waals surface area contributed by atoms with Crippen LogP contribution in [0.15, 0.2) is 164 Å². The van der Waals surface area contributed by atoms with Gasteiger partial charge in [-0.25, -0.2) is 15.0 Å².